The molecular formula is C18H39N3O. The van der Waals surface area contributed by atoms with Crippen molar-refractivity contribution in [2.24, 2.45) is 5.92 Å². The van der Waals surface area contributed by atoms with Crippen molar-refractivity contribution in [1.29, 1.82) is 0 Å². The van der Waals surface area contributed by atoms with Crippen LogP contribution in [0.1, 0.15) is 40.5 Å². The third kappa shape index (κ3) is 7.91. The molecule has 0 aromatic heterocycles. The SMILES string of the molecule is CC.CC(C)OCCN1CCC(CN2CCN(C)CC2)CC1. The van der Waals surface area contributed by atoms with Crippen LogP contribution in [0.3, 0.4) is 0 Å². The van der Waals surface area contributed by atoms with Crippen molar-refractivity contribution >= 4 is 0 Å². The molecule has 2 fully saturated rings. The number of hydrogen-bond donors (Lipinski definition) is 0. The quantitative estimate of drug-likeness (QED) is 0.749. The number of hydrogen-bond acceptors (Lipinski definition) is 4. The minimum Gasteiger partial charge on any atom is -0.377 e. The second-order valence-electron chi connectivity index (χ2n) is 6.81. The first-order valence-corrected chi connectivity index (χ1v) is 9.38. The lowest BCUT2D eigenvalue weighted by atomic mass is 9.96. The number of nitrogens with zero attached hydrogens (tertiary/aromatic N) is 3. The normalized spacial score (nSPS) is 22.6. The van der Waals surface area contributed by atoms with Crippen LogP contribution in [0.15, 0.2) is 0 Å². The van der Waals surface area contributed by atoms with Gasteiger partial charge in [0.2, 0.25) is 0 Å². The van der Waals surface area contributed by atoms with Crippen molar-refractivity contribution in [3.63, 3.8) is 0 Å². The molecule has 2 aliphatic heterocycles. The molecule has 0 bridgehead atoms. The summed E-state index contributed by atoms with van der Waals surface area (Å²) in [7, 11) is 2.23. The highest BCUT2D eigenvalue weighted by Crippen LogP contribution is 2.18. The highest BCUT2D eigenvalue weighted by Gasteiger charge is 2.22. The molecule has 0 spiro atoms. The molecule has 0 aromatic rings. The summed E-state index contributed by atoms with van der Waals surface area (Å²) in [5.41, 5.74) is 0. The van der Waals surface area contributed by atoms with Crippen LogP contribution in [0.4, 0.5) is 0 Å². The third-order valence-electron chi connectivity index (χ3n) is 4.68. The highest BCUT2D eigenvalue weighted by molar-refractivity contribution is 4.77. The van der Waals surface area contributed by atoms with Crippen LogP contribution in [-0.4, -0.2) is 86.8 Å². The van der Waals surface area contributed by atoms with Crippen molar-refractivity contribution in [1.82, 2.24) is 14.7 Å². The van der Waals surface area contributed by atoms with E-state index in [-0.39, 0.29) is 0 Å². The van der Waals surface area contributed by atoms with E-state index in [2.05, 4.69) is 35.6 Å². The van der Waals surface area contributed by atoms with Gasteiger partial charge < -0.3 is 19.4 Å². The molecule has 0 amide bonds. The zero-order chi connectivity index (χ0) is 16.4. The number of rotatable bonds is 6. The molecule has 2 rings (SSSR count). The zero-order valence-corrected chi connectivity index (χ0v) is 15.7. The largest absolute Gasteiger partial charge is 0.377 e. The molecule has 0 unspecified atom stereocenters. The summed E-state index contributed by atoms with van der Waals surface area (Å²) in [6, 6.07) is 0. The van der Waals surface area contributed by atoms with Gasteiger partial charge in [-0.2, -0.15) is 0 Å². The number of piperidine rings is 1. The van der Waals surface area contributed by atoms with E-state index in [4.69, 9.17) is 4.74 Å². The molecule has 2 saturated heterocycles. The average Bonchev–Trinajstić information content (AvgIpc) is 2.53. The summed E-state index contributed by atoms with van der Waals surface area (Å²) in [5.74, 6) is 0.917. The maximum atomic E-state index is 5.65. The molecular weight excluding hydrogens is 274 g/mol. The van der Waals surface area contributed by atoms with Gasteiger partial charge in [-0.1, -0.05) is 13.8 Å². The Morgan fingerprint density at radius 1 is 0.909 bits per heavy atom. The van der Waals surface area contributed by atoms with E-state index < -0.39 is 0 Å². The summed E-state index contributed by atoms with van der Waals surface area (Å²) in [6.45, 7) is 19.1. The van der Waals surface area contributed by atoms with Gasteiger partial charge in [-0.05, 0) is 52.7 Å². The first kappa shape index (κ1) is 19.9. The van der Waals surface area contributed by atoms with Gasteiger partial charge in [0.15, 0.2) is 0 Å². The van der Waals surface area contributed by atoms with Crippen molar-refractivity contribution in [2.45, 2.75) is 46.6 Å². The fourth-order valence-corrected chi connectivity index (χ4v) is 3.21. The molecule has 0 N–H and O–H groups in total. The molecule has 4 heteroatoms. The predicted octanol–water partition coefficient (Wildman–Crippen LogP) is 2.40. The van der Waals surface area contributed by atoms with E-state index in [1.807, 2.05) is 13.8 Å². The van der Waals surface area contributed by atoms with Gasteiger partial charge in [0.05, 0.1) is 12.7 Å². The number of likely N-dealkylation sites (tertiary alicyclic amines) is 1. The maximum absolute atomic E-state index is 5.65. The first-order chi connectivity index (χ1) is 10.6. The van der Waals surface area contributed by atoms with Crippen LogP contribution in [0.5, 0.6) is 0 Å². The van der Waals surface area contributed by atoms with Gasteiger partial charge in [0, 0.05) is 39.3 Å². The zero-order valence-electron chi connectivity index (χ0n) is 15.7. The van der Waals surface area contributed by atoms with Crippen LogP contribution >= 0.6 is 0 Å². The van der Waals surface area contributed by atoms with Crippen molar-refractivity contribution < 1.29 is 4.74 Å². The lowest BCUT2D eigenvalue weighted by molar-refractivity contribution is 0.0464. The Kier molecular flexibility index (Phi) is 10.3. The molecule has 0 aromatic carbocycles. The van der Waals surface area contributed by atoms with E-state index in [1.165, 1.54) is 58.7 Å². The van der Waals surface area contributed by atoms with E-state index in [0.29, 0.717) is 6.10 Å². The third-order valence-corrected chi connectivity index (χ3v) is 4.68. The van der Waals surface area contributed by atoms with Crippen LogP contribution in [-0.2, 0) is 4.74 Å². The second-order valence-corrected chi connectivity index (χ2v) is 6.81. The van der Waals surface area contributed by atoms with E-state index in [1.54, 1.807) is 0 Å². The molecule has 0 aliphatic carbocycles. The molecule has 2 aliphatic rings. The lowest BCUT2D eigenvalue weighted by Gasteiger charge is -2.38. The summed E-state index contributed by atoms with van der Waals surface area (Å²) >= 11 is 0. The molecule has 4 nitrogen and oxygen atoms in total. The lowest BCUT2D eigenvalue weighted by Crippen LogP contribution is -2.47. The number of likely N-dealkylation sites (N-methyl/N-ethyl adjacent to an activating group) is 1. The van der Waals surface area contributed by atoms with Crippen molar-refractivity contribution in [2.75, 3.05) is 66.0 Å². The smallest absolute Gasteiger partial charge is 0.0596 e. The Morgan fingerprint density at radius 2 is 1.50 bits per heavy atom. The van der Waals surface area contributed by atoms with Crippen LogP contribution in [0.2, 0.25) is 0 Å². The average molecular weight is 314 g/mol. The molecule has 132 valence electrons. The summed E-state index contributed by atoms with van der Waals surface area (Å²) in [6.07, 6.45) is 3.10. The monoisotopic (exact) mass is 313 g/mol. The Labute approximate surface area is 138 Å². The van der Waals surface area contributed by atoms with E-state index >= 15 is 0 Å². The van der Waals surface area contributed by atoms with Gasteiger partial charge in [0.1, 0.15) is 0 Å². The number of piperazine rings is 1. The van der Waals surface area contributed by atoms with Gasteiger partial charge in [-0.25, -0.2) is 0 Å². The van der Waals surface area contributed by atoms with Gasteiger partial charge in [-0.3, -0.25) is 0 Å². The molecule has 0 saturated carbocycles. The minimum absolute atomic E-state index is 0.366. The standard InChI is InChI=1S/C16H33N3O.C2H6/c1-15(2)20-13-12-18-6-4-16(5-7-18)14-19-10-8-17(3)9-11-19;1-2/h15-16H,4-14H2,1-3H3;1-2H3. The Bertz CT molecular complexity index is 257. The van der Waals surface area contributed by atoms with Crippen LogP contribution in [0, 0.1) is 5.92 Å². The Morgan fingerprint density at radius 3 is 2.05 bits per heavy atom. The molecule has 22 heavy (non-hydrogen) atoms. The summed E-state index contributed by atoms with van der Waals surface area (Å²) in [5, 5.41) is 0. The van der Waals surface area contributed by atoms with Gasteiger partial charge in [0.25, 0.3) is 0 Å². The fraction of sp³-hybridized carbons (Fsp3) is 1.00. The summed E-state index contributed by atoms with van der Waals surface area (Å²) in [4.78, 5) is 7.68. The van der Waals surface area contributed by atoms with Crippen LogP contribution < -0.4 is 0 Å². The Hall–Kier alpha value is -0.160. The maximum Gasteiger partial charge on any atom is 0.0596 e. The Balaban J connectivity index is 0.00000116. The molecule has 0 radical (unpaired) electrons. The predicted molar refractivity (Wildman–Crippen MR) is 95.5 cm³/mol. The summed E-state index contributed by atoms with van der Waals surface area (Å²) < 4.78 is 5.65. The van der Waals surface area contributed by atoms with Gasteiger partial charge >= 0.3 is 0 Å². The topological polar surface area (TPSA) is 19.0 Å². The van der Waals surface area contributed by atoms with Crippen molar-refractivity contribution in [3.8, 4) is 0 Å². The molecule has 2 heterocycles. The van der Waals surface area contributed by atoms with Gasteiger partial charge in [-0.15, -0.1) is 0 Å². The van der Waals surface area contributed by atoms with Crippen LogP contribution in [0.25, 0.3) is 0 Å². The highest BCUT2D eigenvalue weighted by atomic mass is 16.5. The minimum atomic E-state index is 0.366. The number of ether oxygens (including phenoxy) is 1. The van der Waals surface area contributed by atoms with E-state index in [0.717, 1.165) is 19.1 Å². The van der Waals surface area contributed by atoms with Crippen molar-refractivity contribution in [3.05, 3.63) is 0 Å². The molecule has 0 atom stereocenters. The first-order valence-electron chi connectivity index (χ1n) is 9.38. The second kappa shape index (κ2) is 11.4. The fourth-order valence-electron chi connectivity index (χ4n) is 3.21. The van der Waals surface area contributed by atoms with E-state index in [9.17, 15) is 0 Å².